The average Bonchev–Trinajstić information content (AvgIpc) is 3.09. The van der Waals surface area contributed by atoms with E-state index in [1.807, 2.05) is 6.20 Å². The van der Waals surface area contributed by atoms with Crippen LogP contribution in [0.2, 0.25) is 0 Å². The van der Waals surface area contributed by atoms with Gasteiger partial charge >= 0.3 is 0 Å². The molecule has 2 aromatic carbocycles. The van der Waals surface area contributed by atoms with Crippen LogP contribution in [0.1, 0.15) is 35.9 Å². The van der Waals surface area contributed by atoms with Crippen LogP contribution in [0.3, 0.4) is 0 Å². The highest BCUT2D eigenvalue weighted by Crippen LogP contribution is 2.31. The number of fused-ring (bicyclic) bond motifs is 3. The third-order valence-electron chi connectivity index (χ3n) is 4.81. The molecule has 0 atom stereocenters. The summed E-state index contributed by atoms with van der Waals surface area (Å²) in [5, 5.41) is 3.55. The van der Waals surface area contributed by atoms with E-state index >= 15 is 0 Å². The number of rotatable bonds is 6. The Labute approximate surface area is 154 Å². The van der Waals surface area contributed by atoms with Crippen molar-refractivity contribution in [2.45, 2.75) is 39.7 Å². The molecule has 0 saturated carbocycles. The van der Waals surface area contributed by atoms with Gasteiger partial charge in [-0.2, -0.15) is 0 Å². The summed E-state index contributed by atoms with van der Waals surface area (Å²) in [6.07, 6.45) is 4.93. The second-order valence-corrected chi connectivity index (χ2v) is 6.87. The Bertz CT molecular complexity index is 896. The van der Waals surface area contributed by atoms with E-state index in [-0.39, 0.29) is 0 Å². The first-order chi connectivity index (χ1) is 12.7. The molecule has 0 saturated heterocycles. The fourth-order valence-electron chi connectivity index (χ4n) is 3.40. The first-order valence-corrected chi connectivity index (χ1v) is 9.36. The minimum Gasteiger partial charge on any atom is -0.494 e. The summed E-state index contributed by atoms with van der Waals surface area (Å²) in [5.41, 5.74) is 5.08. The molecular formula is C22H25N3O. The van der Waals surface area contributed by atoms with Crippen LogP contribution in [-0.4, -0.2) is 16.2 Å². The molecular weight excluding hydrogens is 322 g/mol. The van der Waals surface area contributed by atoms with Crippen LogP contribution in [0.25, 0.3) is 5.69 Å². The van der Waals surface area contributed by atoms with Crippen LogP contribution in [0.5, 0.6) is 5.75 Å². The molecule has 1 aromatic heterocycles. The van der Waals surface area contributed by atoms with Gasteiger partial charge < -0.3 is 10.1 Å². The zero-order chi connectivity index (χ0) is 17.9. The fourth-order valence-corrected chi connectivity index (χ4v) is 3.40. The lowest BCUT2D eigenvalue weighted by molar-refractivity contribution is 0.317. The van der Waals surface area contributed by atoms with Gasteiger partial charge in [0, 0.05) is 13.0 Å². The normalized spacial score (nSPS) is 12.4. The van der Waals surface area contributed by atoms with Gasteiger partial charge in [0.2, 0.25) is 0 Å². The topological polar surface area (TPSA) is 39.1 Å². The Morgan fingerprint density at radius 3 is 2.77 bits per heavy atom. The first-order valence-electron chi connectivity index (χ1n) is 9.36. The maximum absolute atomic E-state index is 5.80. The highest BCUT2D eigenvalue weighted by Gasteiger charge is 2.20. The number of hydrogen-bond acceptors (Lipinski definition) is 3. The third-order valence-corrected chi connectivity index (χ3v) is 4.81. The molecule has 134 valence electrons. The second kappa shape index (κ2) is 7.24. The van der Waals surface area contributed by atoms with E-state index in [0.717, 1.165) is 49.8 Å². The maximum atomic E-state index is 5.80. The lowest BCUT2D eigenvalue weighted by atomic mass is 10.0. The molecule has 0 aliphatic carbocycles. The second-order valence-electron chi connectivity index (χ2n) is 6.87. The van der Waals surface area contributed by atoms with Crippen LogP contribution < -0.4 is 10.1 Å². The Balaban J connectivity index is 1.57. The summed E-state index contributed by atoms with van der Waals surface area (Å²) >= 11 is 0. The van der Waals surface area contributed by atoms with Gasteiger partial charge in [-0.3, -0.25) is 4.57 Å². The minimum atomic E-state index is 0.762. The van der Waals surface area contributed by atoms with Crippen LogP contribution in [0, 0.1) is 6.92 Å². The number of nitrogens with zero attached hydrogens (tertiary/aromatic N) is 2. The number of benzene rings is 2. The predicted octanol–water partition coefficient (Wildman–Crippen LogP) is 4.68. The molecule has 1 aliphatic rings. The third kappa shape index (κ3) is 3.32. The van der Waals surface area contributed by atoms with Crippen LogP contribution in [-0.2, 0) is 19.4 Å². The number of imidazole rings is 1. The van der Waals surface area contributed by atoms with Crippen LogP contribution in [0.4, 0.5) is 5.82 Å². The van der Waals surface area contributed by atoms with Crippen molar-refractivity contribution in [1.82, 2.24) is 9.55 Å². The highest BCUT2D eigenvalue weighted by molar-refractivity contribution is 5.55. The smallest absolute Gasteiger partial charge is 0.131 e. The lowest BCUT2D eigenvalue weighted by Gasteiger charge is -2.22. The van der Waals surface area contributed by atoms with Crippen molar-refractivity contribution >= 4 is 5.82 Å². The molecule has 4 rings (SSSR count). The summed E-state index contributed by atoms with van der Waals surface area (Å²) in [6.45, 7) is 5.79. The van der Waals surface area contributed by atoms with Crippen molar-refractivity contribution in [1.29, 1.82) is 0 Å². The minimum absolute atomic E-state index is 0.762. The maximum Gasteiger partial charge on any atom is 0.131 e. The lowest BCUT2D eigenvalue weighted by Crippen LogP contribution is -2.15. The molecule has 0 fully saturated rings. The van der Waals surface area contributed by atoms with Gasteiger partial charge in [-0.1, -0.05) is 36.8 Å². The monoisotopic (exact) mass is 347 g/mol. The van der Waals surface area contributed by atoms with Gasteiger partial charge in [0.1, 0.15) is 17.4 Å². The van der Waals surface area contributed by atoms with Gasteiger partial charge in [-0.05, 0) is 49.1 Å². The zero-order valence-electron chi connectivity index (χ0n) is 15.5. The first kappa shape index (κ1) is 16.7. The molecule has 4 heteroatoms. The van der Waals surface area contributed by atoms with Gasteiger partial charge in [-0.15, -0.1) is 0 Å². The van der Waals surface area contributed by atoms with Crippen molar-refractivity contribution < 1.29 is 4.74 Å². The van der Waals surface area contributed by atoms with E-state index in [1.165, 1.54) is 22.4 Å². The molecule has 0 bridgehead atoms. The largest absolute Gasteiger partial charge is 0.494 e. The van der Waals surface area contributed by atoms with Gasteiger partial charge in [0.05, 0.1) is 18.5 Å². The summed E-state index contributed by atoms with van der Waals surface area (Å²) < 4.78 is 8.04. The summed E-state index contributed by atoms with van der Waals surface area (Å²) in [4.78, 5) is 4.62. The number of aryl methyl sites for hydroxylation is 3. The quantitative estimate of drug-likeness (QED) is 0.704. The fraction of sp³-hybridized carbons (Fsp3) is 0.318. The number of nitrogens with one attached hydrogen (secondary N) is 1. The number of hydrogen-bond donors (Lipinski definition) is 1. The van der Waals surface area contributed by atoms with E-state index in [1.54, 1.807) is 0 Å². The Kier molecular flexibility index (Phi) is 4.65. The molecule has 3 aromatic rings. The molecule has 2 heterocycles. The Morgan fingerprint density at radius 1 is 1.12 bits per heavy atom. The number of anilines is 1. The summed E-state index contributed by atoms with van der Waals surface area (Å²) in [5.74, 6) is 3.12. The molecule has 0 amide bonds. The predicted molar refractivity (Wildman–Crippen MR) is 105 cm³/mol. The van der Waals surface area contributed by atoms with E-state index in [4.69, 9.17) is 4.74 Å². The van der Waals surface area contributed by atoms with Crippen LogP contribution in [0.15, 0.2) is 48.7 Å². The van der Waals surface area contributed by atoms with Crippen molar-refractivity contribution in [2.75, 3.05) is 11.9 Å². The molecule has 4 nitrogen and oxygen atoms in total. The van der Waals surface area contributed by atoms with Crippen molar-refractivity contribution in [2.24, 2.45) is 0 Å². The number of aromatic nitrogens is 2. The molecule has 0 spiro atoms. The van der Waals surface area contributed by atoms with Crippen molar-refractivity contribution in [3.05, 3.63) is 71.2 Å². The average molecular weight is 347 g/mol. The van der Waals surface area contributed by atoms with Crippen LogP contribution >= 0.6 is 0 Å². The van der Waals surface area contributed by atoms with Gasteiger partial charge in [0.15, 0.2) is 0 Å². The van der Waals surface area contributed by atoms with Crippen molar-refractivity contribution in [3.8, 4) is 11.4 Å². The summed E-state index contributed by atoms with van der Waals surface area (Å²) in [6, 6.07) is 15.0. The summed E-state index contributed by atoms with van der Waals surface area (Å²) in [7, 11) is 0. The van der Waals surface area contributed by atoms with Crippen molar-refractivity contribution in [3.63, 3.8) is 0 Å². The van der Waals surface area contributed by atoms with E-state index in [9.17, 15) is 0 Å². The molecule has 1 N–H and O–H groups in total. The van der Waals surface area contributed by atoms with E-state index in [0.29, 0.717) is 0 Å². The molecule has 1 aliphatic heterocycles. The van der Waals surface area contributed by atoms with Gasteiger partial charge in [-0.25, -0.2) is 4.98 Å². The number of ether oxygens (including phenoxy) is 1. The molecule has 26 heavy (non-hydrogen) atoms. The standard InChI is InChI=1S/C22H25N3O/c1-3-12-26-19-9-10-20-18(13-19)8-11-21-24-15-22(25(20)21)23-14-17-6-4-16(2)5-7-17/h4-7,9-10,13,15,23H,3,8,11-12,14H2,1-2H3. The Hall–Kier alpha value is -2.75. The molecule has 0 radical (unpaired) electrons. The molecule has 0 unspecified atom stereocenters. The zero-order valence-corrected chi connectivity index (χ0v) is 15.5. The highest BCUT2D eigenvalue weighted by atomic mass is 16.5. The van der Waals surface area contributed by atoms with E-state index < -0.39 is 0 Å². The Morgan fingerprint density at radius 2 is 1.96 bits per heavy atom. The van der Waals surface area contributed by atoms with E-state index in [2.05, 4.69) is 71.2 Å². The SMILES string of the molecule is CCCOc1ccc2c(c1)CCc1ncc(NCc3ccc(C)cc3)n1-2. The van der Waals surface area contributed by atoms with Gasteiger partial charge in [0.25, 0.3) is 0 Å².